The van der Waals surface area contributed by atoms with E-state index in [9.17, 15) is 13.2 Å². The maximum Gasteiger partial charge on any atom is 0.227 e. The molecule has 0 N–H and O–H groups in total. The van der Waals surface area contributed by atoms with E-state index in [1.807, 2.05) is 4.90 Å². The Morgan fingerprint density at radius 1 is 1.11 bits per heavy atom. The van der Waals surface area contributed by atoms with E-state index in [1.165, 1.54) is 17.0 Å². The van der Waals surface area contributed by atoms with Gasteiger partial charge in [0.15, 0.2) is 0 Å². The monoisotopic (exact) mass is 288 g/mol. The van der Waals surface area contributed by atoms with Crippen LogP contribution in [0.15, 0.2) is 0 Å². The van der Waals surface area contributed by atoms with Crippen molar-refractivity contribution in [1.82, 2.24) is 9.21 Å². The number of nitrogens with zero attached hydrogens (tertiary/aromatic N) is 2. The number of likely N-dealkylation sites (tertiary alicyclic amines) is 1. The van der Waals surface area contributed by atoms with Crippen molar-refractivity contribution in [2.75, 3.05) is 32.4 Å². The van der Waals surface area contributed by atoms with E-state index < -0.39 is 10.0 Å². The minimum atomic E-state index is -3.17. The molecule has 0 aromatic carbocycles. The molecule has 0 aromatic heterocycles. The van der Waals surface area contributed by atoms with E-state index in [1.54, 1.807) is 0 Å². The highest BCUT2D eigenvalue weighted by molar-refractivity contribution is 7.88. The van der Waals surface area contributed by atoms with Crippen LogP contribution in [0.3, 0.4) is 0 Å². The maximum atomic E-state index is 12.5. The molecule has 0 saturated carbocycles. The lowest BCUT2D eigenvalue weighted by molar-refractivity contribution is -0.138. The molecule has 0 aliphatic carbocycles. The zero-order chi connectivity index (χ0) is 14.0. The molecule has 0 spiro atoms. The minimum Gasteiger partial charge on any atom is -0.342 e. The van der Waals surface area contributed by atoms with Crippen molar-refractivity contribution in [2.45, 2.75) is 32.6 Å². The van der Waals surface area contributed by atoms with Crippen molar-refractivity contribution in [3.63, 3.8) is 0 Å². The second-order valence-electron chi connectivity index (χ2n) is 5.99. The first kappa shape index (κ1) is 14.8. The van der Waals surface area contributed by atoms with Crippen molar-refractivity contribution in [3.05, 3.63) is 0 Å². The molecule has 2 aliphatic rings. The number of hydrogen-bond donors (Lipinski definition) is 0. The van der Waals surface area contributed by atoms with Crippen LogP contribution in [0.25, 0.3) is 0 Å². The molecule has 2 unspecified atom stereocenters. The number of hydrogen-bond acceptors (Lipinski definition) is 3. The highest BCUT2D eigenvalue weighted by Gasteiger charge is 2.33. The number of piperidine rings is 2. The van der Waals surface area contributed by atoms with Crippen LogP contribution >= 0.6 is 0 Å². The maximum absolute atomic E-state index is 12.5. The van der Waals surface area contributed by atoms with Gasteiger partial charge in [-0.2, -0.15) is 0 Å². The normalized spacial score (nSPS) is 30.3. The molecule has 2 fully saturated rings. The van der Waals surface area contributed by atoms with Crippen molar-refractivity contribution in [2.24, 2.45) is 11.8 Å². The van der Waals surface area contributed by atoms with Gasteiger partial charge in [-0.3, -0.25) is 4.79 Å². The number of amides is 1. The summed E-state index contributed by atoms with van der Waals surface area (Å²) >= 11 is 0. The number of carbonyl (C=O) groups is 1. The zero-order valence-corrected chi connectivity index (χ0v) is 12.7. The van der Waals surface area contributed by atoms with E-state index in [2.05, 4.69) is 6.92 Å². The lowest BCUT2D eigenvalue weighted by Gasteiger charge is -2.36. The van der Waals surface area contributed by atoms with Crippen molar-refractivity contribution < 1.29 is 13.2 Å². The van der Waals surface area contributed by atoms with Crippen LogP contribution < -0.4 is 0 Å². The Labute approximate surface area is 116 Å². The first-order valence-corrected chi connectivity index (χ1v) is 8.96. The van der Waals surface area contributed by atoms with E-state index >= 15 is 0 Å². The average molecular weight is 288 g/mol. The summed E-state index contributed by atoms with van der Waals surface area (Å²) < 4.78 is 24.6. The Bertz CT molecular complexity index is 435. The molecule has 2 aliphatic heterocycles. The first-order chi connectivity index (χ1) is 8.88. The van der Waals surface area contributed by atoms with Crippen LogP contribution in [0, 0.1) is 11.8 Å². The van der Waals surface area contributed by atoms with Gasteiger partial charge in [0.1, 0.15) is 0 Å². The van der Waals surface area contributed by atoms with E-state index in [0.717, 1.165) is 32.4 Å². The van der Waals surface area contributed by atoms with Gasteiger partial charge in [0.25, 0.3) is 0 Å². The summed E-state index contributed by atoms with van der Waals surface area (Å²) in [4.78, 5) is 14.4. The summed E-state index contributed by atoms with van der Waals surface area (Å²) in [7, 11) is -3.17. The van der Waals surface area contributed by atoms with Gasteiger partial charge < -0.3 is 4.90 Å². The van der Waals surface area contributed by atoms with Gasteiger partial charge in [-0.15, -0.1) is 0 Å². The highest BCUT2D eigenvalue weighted by atomic mass is 32.2. The van der Waals surface area contributed by atoms with Gasteiger partial charge in [0, 0.05) is 26.2 Å². The number of rotatable bonds is 2. The standard InChI is InChI=1S/C13H24N2O3S/c1-11-5-3-7-14(9-11)13(16)12-6-4-8-15(10-12)19(2,17)18/h11-12H,3-10H2,1-2H3. The molecule has 0 aromatic rings. The van der Waals surface area contributed by atoms with E-state index in [4.69, 9.17) is 0 Å². The van der Waals surface area contributed by atoms with Crippen LogP contribution in [0.4, 0.5) is 0 Å². The lowest BCUT2D eigenvalue weighted by atomic mass is 9.94. The van der Waals surface area contributed by atoms with E-state index in [-0.39, 0.29) is 11.8 Å². The van der Waals surface area contributed by atoms with Crippen LogP contribution in [-0.4, -0.2) is 56.0 Å². The summed E-state index contributed by atoms with van der Waals surface area (Å²) in [5, 5.41) is 0. The molecule has 0 bridgehead atoms. The molecule has 110 valence electrons. The van der Waals surface area contributed by atoms with Crippen LogP contribution in [0.5, 0.6) is 0 Å². The van der Waals surface area contributed by atoms with Gasteiger partial charge in [0.05, 0.1) is 12.2 Å². The number of carbonyl (C=O) groups excluding carboxylic acids is 1. The minimum absolute atomic E-state index is 0.145. The highest BCUT2D eigenvalue weighted by Crippen LogP contribution is 2.23. The Balaban J connectivity index is 1.99. The van der Waals surface area contributed by atoms with Gasteiger partial charge in [0.2, 0.25) is 15.9 Å². The number of sulfonamides is 1. The third kappa shape index (κ3) is 3.69. The third-order valence-electron chi connectivity index (χ3n) is 4.17. The lowest BCUT2D eigenvalue weighted by Crippen LogP contribution is -2.48. The second kappa shape index (κ2) is 5.79. The van der Waals surface area contributed by atoms with Gasteiger partial charge in [-0.05, 0) is 31.6 Å². The molecule has 2 saturated heterocycles. The predicted molar refractivity (Wildman–Crippen MR) is 74.1 cm³/mol. The third-order valence-corrected chi connectivity index (χ3v) is 5.44. The molecule has 6 heteroatoms. The van der Waals surface area contributed by atoms with Crippen LogP contribution in [0.1, 0.15) is 32.6 Å². The summed E-state index contributed by atoms with van der Waals surface area (Å²) in [6.45, 7) is 4.75. The molecule has 19 heavy (non-hydrogen) atoms. The first-order valence-electron chi connectivity index (χ1n) is 7.12. The molecule has 0 radical (unpaired) electrons. The van der Waals surface area contributed by atoms with E-state index in [0.29, 0.717) is 19.0 Å². The van der Waals surface area contributed by atoms with Gasteiger partial charge in [-0.25, -0.2) is 12.7 Å². The Kier molecular flexibility index (Phi) is 4.50. The molecule has 2 rings (SSSR count). The molecule has 5 nitrogen and oxygen atoms in total. The Morgan fingerprint density at radius 2 is 1.79 bits per heavy atom. The SMILES string of the molecule is CC1CCCN(C(=O)C2CCCN(S(C)(=O)=O)C2)C1. The fourth-order valence-electron chi connectivity index (χ4n) is 3.09. The quantitative estimate of drug-likeness (QED) is 0.759. The molecular formula is C13H24N2O3S. The van der Waals surface area contributed by atoms with Crippen LogP contribution in [0.2, 0.25) is 0 Å². The summed E-state index contributed by atoms with van der Waals surface area (Å²) in [6, 6.07) is 0. The van der Waals surface area contributed by atoms with Crippen LogP contribution in [-0.2, 0) is 14.8 Å². The van der Waals surface area contributed by atoms with Crippen molar-refractivity contribution >= 4 is 15.9 Å². The topological polar surface area (TPSA) is 57.7 Å². The second-order valence-corrected chi connectivity index (χ2v) is 7.97. The average Bonchev–Trinajstić information content (AvgIpc) is 2.37. The molecular weight excluding hydrogens is 264 g/mol. The fraction of sp³-hybridized carbons (Fsp3) is 0.923. The smallest absolute Gasteiger partial charge is 0.227 e. The van der Waals surface area contributed by atoms with Crippen molar-refractivity contribution in [1.29, 1.82) is 0 Å². The Morgan fingerprint density at radius 3 is 2.42 bits per heavy atom. The molecule has 2 heterocycles. The molecule has 1 amide bonds. The molecule has 2 atom stereocenters. The van der Waals surface area contributed by atoms with Crippen molar-refractivity contribution in [3.8, 4) is 0 Å². The largest absolute Gasteiger partial charge is 0.342 e. The Hall–Kier alpha value is -0.620. The summed E-state index contributed by atoms with van der Waals surface area (Å²) in [5.74, 6) is 0.570. The summed E-state index contributed by atoms with van der Waals surface area (Å²) in [6.07, 6.45) is 5.07. The summed E-state index contributed by atoms with van der Waals surface area (Å²) in [5.41, 5.74) is 0. The fourth-order valence-corrected chi connectivity index (χ4v) is 4.00. The van der Waals surface area contributed by atoms with Gasteiger partial charge >= 0.3 is 0 Å². The zero-order valence-electron chi connectivity index (χ0n) is 11.8. The van der Waals surface area contributed by atoms with Gasteiger partial charge in [-0.1, -0.05) is 6.92 Å². The predicted octanol–water partition coefficient (Wildman–Crippen LogP) is 0.917.